The van der Waals surface area contributed by atoms with Gasteiger partial charge in [-0.05, 0) is 25.5 Å². The van der Waals surface area contributed by atoms with Gasteiger partial charge in [-0.3, -0.25) is 0 Å². The summed E-state index contributed by atoms with van der Waals surface area (Å²) in [6.07, 6.45) is 0.824. The van der Waals surface area contributed by atoms with Gasteiger partial charge >= 0.3 is 5.97 Å². The topological polar surface area (TPSA) is 74.5 Å². The van der Waals surface area contributed by atoms with E-state index in [0.29, 0.717) is 30.5 Å². The predicted molar refractivity (Wildman–Crippen MR) is 80.4 cm³/mol. The number of aromatic nitrogens is 2. The fraction of sp³-hybridized carbons (Fsp3) is 0.438. The molecule has 0 spiro atoms. The molecule has 0 saturated carbocycles. The van der Waals surface area contributed by atoms with Crippen molar-refractivity contribution < 1.29 is 18.8 Å². The Morgan fingerprint density at radius 3 is 2.82 bits per heavy atom. The third-order valence-corrected chi connectivity index (χ3v) is 3.00. The Labute approximate surface area is 129 Å². The fourth-order valence-electron chi connectivity index (χ4n) is 2.01. The van der Waals surface area contributed by atoms with Crippen LogP contribution in [0.25, 0.3) is 11.4 Å². The maximum absolute atomic E-state index is 11.9. The maximum atomic E-state index is 11.9. The second-order valence-electron chi connectivity index (χ2n) is 4.81. The Morgan fingerprint density at radius 2 is 2.18 bits per heavy atom. The first-order valence-corrected chi connectivity index (χ1v) is 7.38. The number of aryl methyl sites for hydroxylation is 1. The first-order chi connectivity index (χ1) is 10.6. The quantitative estimate of drug-likeness (QED) is 0.731. The first kappa shape index (κ1) is 16.0. The van der Waals surface area contributed by atoms with Crippen molar-refractivity contribution in [3.8, 4) is 17.1 Å². The number of esters is 1. The summed E-state index contributed by atoms with van der Waals surface area (Å²) in [5.74, 6) is 1.22. The molecule has 1 aromatic carbocycles. The van der Waals surface area contributed by atoms with Crippen molar-refractivity contribution in [3.63, 3.8) is 0 Å². The van der Waals surface area contributed by atoms with E-state index < -0.39 is 6.10 Å². The van der Waals surface area contributed by atoms with Crippen LogP contribution in [0.1, 0.15) is 32.6 Å². The van der Waals surface area contributed by atoms with E-state index in [1.807, 2.05) is 19.1 Å². The molecule has 0 aliphatic heterocycles. The molecular formula is C16H20N2O4. The highest BCUT2D eigenvalue weighted by atomic mass is 16.6. The zero-order valence-electron chi connectivity index (χ0n) is 13.0. The fourth-order valence-corrected chi connectivity index (χ4v) is 2.01. The van der Waals surface area contributed by atoms with Crippen LogP contribution in [-0.2, 0) is 9.53 Å². The number of benzene rings is 1. The molecule has 0 amide bonds. The summed E-state index contributed by atoms with van der Waals surface area (Å²) in [6.45, 7) is 5.84. The lowest BCUT2D eigenvalue weighted by Gasteiger charge is -2.17. The molecule has 1 aromatic heterocycles. The molecule has 1 unspecified atom stereocenters. The SMILES string of the molecule is CCCC(Oc1cccc(-c2noc(C)n2)c1)C(=O)OCC. The highest BCUT2D eigenvalue weighted by Gasteiger charge is 2.21. The highest BCUT2D eigenvalue weighted by molar-refractivity contribution is 5.75. The monoisotopic (exact) mass is 304 g/mol. The van der Waals surface area contributed by atoms with Crippen molar-refractivity contribution in [2.24, 2.45) is 0 Å². The van der Waals surface area contributed by atoms with Gasteiger partial charge < -0.3 is 14.0 Å². The molecule has 0 saturated heterocycles. The van der Waals surface area contributed by atoms with Crippen molar-refractivity contribution in [2.75, 3.05) is 6.61 Å². The number of nitrogens with zero attached hydrogens (tertiary/aromatic N) is 2. The van der Waals surface area contributed by atoms with Crippen LogP contribution in [0.3, 0.4) is 0 Å². The normalized spacial score (nSPS) is 12.0. The summed E-state index contributed by atoms with van der Waals surface area (Å²) in [7, 11) is 0. The van der Waals surface area contributed by atoms with Gasteiger partial charge in [-0.25, -0.2) is 4.79 Å². The van der Waals surface area contributed by atoms with Crippen molar-refractivity contribution in [3.05, 3.63) is 30.2 Å². The van der Waals surface area contributed by atoms with Gasteiger partial charge in [-0.1, -0.05) is 30.6 Å². The van der Waals surface area contributed by atoms with E-state index in [-0.39, 0.29) is 5.97 Å². The van der Waals surface area contributed by atoms with E-state index in [1.165, 1.54) is 0 Å². The van der Waals surface area contributed by atoms with Crippen LogP contribution in [0.2, 0.25) is 0 Å². The second-order valence-corrected chi connectivity index (χ2v) is 4.81. The highest BCUT2D eigenvalue weighted by Crippen LogP contribution is 2.23. The molecule has 0 N–H and O–H groups in total. The second kappa shape index (κ2) is 7.59. The molecular weight excluding hydrogens is 284 g/mol. The lowest BCUT2D eigenvalue weighted by molar-refractivity contribution is -0.151. The van der Waals surface area contributed by atoms with Crippen LogP contribution in [0, 0.1) is 6.92 Å². The van der Waals surface area contributed by atoms with Crippen LogP contribution in [0.5, 0.6) is 5.75 Å². The van der Waals surface area contributed by atoms with Crippen LogP contribution in [0.15, 0.2) is 28.8 Å². The van der Waals surface area contributed by atoms with Gasteiger partial charge in [0.25, 0.3) is 0 Å². The lowest BCUT2D eigenvalue weighted by Crippen LogP contribution is -2.29. The minimum Gasteiger partial charge on any atom is -0.479 e. The average Bonchev–Trinajstić information content (AvgIpc) is 2.94. The number of hydrogen-bond donors (Lipinski definition) is 0. The standard InChI is InChI=1S/C16H20N2O4/c1-4-7-14(16(19)20-5-2)21-13-9-6-8-12(10-13)15-17-11(3)22-18-15/h6,8-10,14H,4-5,7H2,1-3H3. The zero-order valence-corrected chi connectivity index (χ0v) is 13.0. The average molecular weight is 304 g/mol. The van der Waals surface area contributed by atoms with Gasteiger partial charge in [0.2, 0.25) is 11.7 Å². The van der Waals surface area contributed by atoms with Gasteiger partial charge in [0.05, 0.1) is 6.61 Å². The Kier molecular flexibility index (Phi) is 5.52. The summed E-state index contributed by atoms with van der Waals surface area (Å²) in [6, 6.07) is 7.26. The number of rotatable bonds is 7. The molecule has 22 heavy (non-hydrogen) atoms. The van der Waals surface area contributed by atoms with Gasteiger partial charge in [-0.15, -0.1) is 0 Å². The van der Waals surface area contributed by atoms with E-state index in [1.54, 1.807) is 26.0 Å². The molecule has 0 radical (unpaired) electrons. The number of ether oxygens (including phenoxy) is 2. The van der Waals surface area contributed by atoms with Gasteiger partial charge in [-0.2, -0.15) is 4.98 Å². The summed E-state index contributed by atoms with van der Waals surface area (Å²) >= 11 is 0. The molecule has 1 heterocycles. The molecule has 118 valence electrons. The molecule has 2 aromatic rings. The van der Waals surface area contributed by atoms with Crippen molar-refractivity contribution >= 4 is 5.97 Å². The summed E-state index contributed by atoms with van der Waals surface area (Å²) < 4.78 is 15.8. The third-order valence-electron chi connectivity index (χ3n) is 3.00. The number of carbonyl (C=O) groups excluding carboxylic acids is 1. The summed E-state index contributed by atoms with van der Waals surface area (Å²) in [5, 5.41) is 3.87. The van der Waals surface area contributed by atoms with Crippen LogP contribution in [0.4, 0.5) is 0 Å². The maximum Gasteiger partial charge on any atom is 0.347 e. The molecule has 2 rings (SSSR count). The minimum absolute atomic E-state index is 0.338. The van der Waals surface area contributed by atoms with E-state index in [0.717, 1.165) is 12.0 Å². The zero-order chi connectivity index (χ0) is 15.9. The van der Waals surface area contributed by atoms with E-state index in [4.69, 9.17) is 14.0 Å². The van der Waals surface area contributed by atoms with Gasteiger partial charge in [0.1, 0.15) is 5.75 Å². The van der Waals surface area contributed by atoms with Crippen molar-refractivity contribution in [1.82, 2.24) is 10.1 Å². The van der Waals surface area contributed by atoms with Gasteiger partial charge in [0, 0.05) is 12.5 Å². The van der Waals surface area contributed by atoms with E-state index in [9.17, 15) is 4.79 Å². The molecule has 0 aliphatic carbocycles. The van der Waals surface area contributed by atoms with Gasteiger partial charge in [0.15, 0.2) is 6.10 Å². The molecule has 6 nitrogen and oxygen atoms in total. The molecule has 1 atom stereocenters. The Hall–Kier alpha value is -2.37. The predicted octanol–water partition coefficient (Wildman–Crippen LogP) is 3.16. The van der Waals surface area contributed by atoms with Crippen molar-refractivity contribution in [1.29, 1.82) is 0 Å². The lowest BCUT2D eigenvalue weighted by atomic mass is 10.2. The van der Waals surface area contributed by atoms with Crippen molar-refractivity contribution in [2.45, 2.75) is 39.7 Å². The number of hydrogen-bond acceptors (Lipinski definition) is 6. The van der Waals surface area contributed by atoms with E-state index in [2.05, 4.69) is 10.1 Å². The summed E-state index contributed by atoms with van der Waals surface area (Å²) in [4.78, 5) is 16.1. The smallest absolute Gasteiger partial charge is 0.347 e. The minimum atomic E-state index is -0.604. The third kappa shape index (κ3) is 4.07. The Morgan fingerprint density at radius 1 is 1.36 bits per heavy atom. The first-order valence-electron chi connectivity index (χ1n) is 7.38. The largest absolute Gasteiger partial charge is 0.479 e. The van der Waals surface area contributed by atoms with Crippen LogP contribution in [-0.4, -0.2) is 28.8 Å². The molecule has 0 aliphatic rings. The Balaban J connectivity index is 2.15. The number of carbonyl (C=O) groups is 1. The van der Waals surface area contributed by atoms with Crippen LogP contribution < -0.4 is 4.74 Å². The molecule has 0 bridgehead atoms. The Bertz CT molecular complexity index is 624. The summed E-state index contributed by atoms with van der Waals surface area (Å²) in [5.41, 5.74) is 0.772. The molecule has 6 heteroatoms. The van der Waals surface area contributed by atoms with Crippen LogP contribution >= 0.6 is 0 Å². The molecule has 0 fully saturated rings. The van der Waals surface area contributed by atoms with E-state index >= 15 is 0 Å².